The van der Waals surface area contributed by atoms with Gasteiger partial charge in [-0.3, -0.25) is 4.79 Å². The number of rotatable bonds is 5. The van der Waals surface area contributed by atoms with Crippen LogP contribution in [0.15, 0.2) is 82.4 Å². The number of nitrogens with one attached hydrogen (secondary N) is 1. The lowest BCUT2D eigenvalue weighted by Crippen LogP contribution is -2.18. The summed E-state index contributed by atoms with van der Waals surface area (Å²) in [5.74, 6) is -0.560. The van der Waals surface area contributed by atoms with Crippen molar-refractivity contribution in [1.29, 1.82) is 0 Å². The van der Waals surface area contributed by atoms with Gasteiger partial charge in [0, 0.05) is 15.1 Å². The van der Waals surface area contributed by atoms with Crippen molar-refractivity contribution in [2.24, 2.45) is 5.10 Å². The van der Waals surface area contributed by atoms with Crippen LogP contribution in [0.2, 0.25) is 5.02 Å². The van der Waals surface area contributed by atoms with Crippen molar-refractivity contribution in [2.75, 3.05) is 0 Å². The Morgan fingerprint density at radius 1 is 0.964 bits per heavy atom. The molecule has 0 fully saturated rings. The van der Waals surface area contributed by atoms with E-state index in [2.05, 4.69) is 26.5 Å². The van der Waals surface area contributed by atoms with Crippen LogP contribution in [0, 0.1) is 0 Å². The van der Waals surface area contributed by atoms with E-state index >= 15 is 0 Å². The first-order valence-electron chi connectivity index (χ1n) is 8.19. The molecule has 140 valence electrons. The minimum Gasteiger partial charge on any atom is -0.422 e. The van der Waals surface area contributed by atoms with Gasteiger partial charge in [0.2, 0.25) is 0 Å². The molecule has 0 heterocycles. The highest BCUT2D eigenvalue weighted by Crippen LogP contribution is 2.19. The number of halogens is 2. The van der Waals surface area contributed by atoms with Crippen LogP contribution in [0.5, 0.6) is 5.75 Å². The van der Waals surface area contributed by atoms with Crippen LogP contribution >= 0.6 is 27.5 Å². The number of benzene rings is 3. The van der Waals surface area contributed by atoms with Crippen LogP contribution in [0.4, 0.5) is 0 Å². The van der Waals surface area contributed by atoms with Gasteiger partial charge in [0.1, 0.15) is 5.75 Å². The quantitative estimate of drug-likeness (QED) is 0.251. The molecule has 0 spiro atoms. The third-order valence-electron chi connectivity index (χ3n) is 3.69. The van der Waals surface area contributed by atoms with Gasteiger partial charge in [-0.2, -0.15) is 5.10 Å². The van der Waals surface area contributed by atoms with Crippen molar-refractivity contribution in [1.82, 2.24) is 5.43 Å². The SMILES string of the molecule is O=C(Oc1ccccc1C=NNC(=O)c1ccccc1Br)c1ccc(Cl)cc1. The van der Waals surface area contributed by atoms with Crippen molar-refractivity contribution < 1.29 is 14.3 Å². The van der Waals surface area contributed by atoms with Crippen molar-refractivity contribution >= 4 is 45.6 Å². The zero-order chi connectivity index (χ0) is 19.9. The summed E-state index contributed by atoms with van der Waals surface area (Å²) in [4.78, 5) is 24.5. The molecule has 3 aromatic carbocycles. The topological polar surface area (TPSA) is 67.8 Å². The molecule has 0 aliphatic carbocycles. The Balaban J connectivity index is 1.70. The first-order valence-corrected chi connectivity index (χ1v) is 9.36. The number of carbonyl (C=O) groups excluding carboxylic acids is 2. The normalized spacial score (nSPS) is 10.6. The third-order valence-corrected chi connectivity index (χ3v) is 4.63. The molecule has 0 unspecified atom stereocenters. The number of para-hydroxylation sites is 1. The second-order valence-corrected chi connectivity index (χ2v) is 6.90. The zero-order valence-electron chi connectivity index (χ0n) is 14.4. The summed E-state index contributed by atoms with van der Waals surface area (Å²) in [6, 6.07) is 20.3. The van der Waals surface area contributed by atoms with Gasteiger partial charge in [-0.1, -0.05) is 35.9 Å². The highest BCUT2D eigenvalue weighted by Gasteiger charge is 2.11. The molecule has 28 heavy (non-hydrogen) atoms. The molecule has 0 saturated carbocycles. The number of esters is 1. The van der Waals surface area contributed by atoms with E-state index in [-0.39, 0.29) is 5.91 Å². The van der Waals surface area contributed by atoms with Crippen molar-refractivity contribution in [3.63, 3.8) is 0 Å². The molecule has 3 aromatic rings. The molecule has 0 atom stereocenters. The largest absolute Gasteiger partial charge is 0.422 e. The predicted octanol–water partition coefficient (Wildman–Crippen LogP) is 5.09. The van der Waals surface area contributed by atoms with Gasteiger partial charge < -0.3 is 4.74 Å². The monoisotopic (exact) mass is 456 g/mol. The van der Waals surface area contributed by atoms with Crippen LogP contribution < -0.4 is 10.2 Å². The molecule has 0 radical (unpaired) electrons. The Morgan fingerprint density at radius 2 is 1.64 bits per heavy atom. The molecule has 0 saturated heterocycles. The summed E-state index contributed by atoms with van der Waals surface area (Å²) in [6.07, 6.45) is 1.42. The highest BCUT2D eigenvalue weighted by atomic mass is 79.9. The van der Waals surface area contributed by atoms with E-state index in [1.807, 2.05) is 6.07 Å². The van der Waals surface area contributed by atoms with Crippen LogP contribution in [0.1, 0.15) is 26.3 Å². The maximum atomic E-state index is 12.3. The molecule has 7 heteroatoms. The van der Waals surface area contributed by atoms with Crippen LogP contribution in [-0.2, 0) is 0 Å². The lowest BCUT2D eigenvalue weighted by molar-refractivity contribution is 0.0734. The molecule has 1 amide bonds. The van der Waals surface area contributed by atoms with Crippen LogP contribution in [0.25, 0.3) is 0 Å². The van der Waals surface area contributed by atoms with E-state index in [1.165, 1.54) is 6.21 Å². The molecule has 1 N–H and O–H groups in total. The zero-order valence-corrected chi connectivity index (χ0v) is 16.8. The Kier molecular flexibility index (Phi) is 6.57. The first kappa shape index (κ1) is 19.8. The van der Waals surface area contributed by atoms with Crippen molar-refractivity contribution in [3.8, 4) is 5.75 Å². The van der Waals surface area contributed by atoms with E-state index in [1.54, 1.807) is 66.7 Å². The second kappa shape index (κ2) is 9.30. The molecule has 0 aliphatic rings. The molecule has 0 aromatic heterocycles. The lowest BCUT2D eigenvalue weighted by Gasteiger charge is -2.07. The summed E-state index contributed by atoms with van der Waals surface area (Å²) in [5, 5.41) is 4.49. The summed E-state index contributed by atoms with van der Waals surface area (Å²) < 4.78 is 6.11. The number of hydrogen-bond acceptors (Lipinski definition) is 4. The van der Waals surface area contributed by atoms with Crippen molar-refractivity contribution in [3.05, 3.63) is 99.0 Å². The number of hydrazone groups is 1. The van der Waals surface area contributed by atoms with E-state index in [0.29, 0.717) is 31.9 Å². The number of ether oxygens (including phenoxy) is 1. The van der Waals surface area contributed by atoms with Gasteiger partial charge >= 0.3 is 5.97 Å². The fraction of sp³-hybridized carbons (Fsp3) is 0. The summed E-state index contributed by atoms with van der Waals surface area (Å²) in [7, 11) is 0. The van der Waals surface area contributed by atoms with Gasteiger partial charge in [-0.15, -0.1) is 0 Å². The number of amides is 1. The van der Waals surface area contributed by atoms with Gasteiger partial charge in [-0.25, -0.2) is 10.2 Å². The van der Waals surface area contributed by atoms with Gasteiger partial charge in [0.05, 0.1) is 17.3 Å². The predicted molar refractivity (Wildman–Crippen MR) is 112 cm³/mol. The van der Waals surface area contributed by atoms with E-state index < -0.39 is 5.97 Å². The van der Waals surface area contributed by atoms with E-state index in [4.69, 9.17) is 16.3 Å². The first-order chi connectivity index (χ1) is 13.5. The van der Waals surface area contributed by atoms with Crippen molar-refractivity contribution in [2.45, 2.75) is 0 Å². The summed E-state index contributed by atoms with van der Waals surface area (Å²) in [5.41, 5.74) is 3.82. The fourth-order valence-corrected chi connectivity index (χ4v) is 2.88. The van der Waals surface area contributed by atoms with Gasteiger partial charge in [0.15, 0.2) is 0 Å². The van der Waals surface area contributed by atoms with E-state index in [0.717, 1.165) is 0 Å². The van der Waals surface area contributed by atoms with Gasteiger partial charge in [-0.05, 0) is 64.5 Å². The Hall–Kier alpha value is -2.96. The lowest BCUT2D eigenvalue weighted by atomic mass is 10.2. The van der Waals surface area contributed by atoms with Crippen LogP contribution in [0.3, 0.4) is 0 Å². The highest BCUT2D eigenvalue weighted by molar-refractivity contribution is 9.10. The Bertz CT molecular complexity index is 1040. The average Bonchev–Trinajstić information content (AvgIpc) is 2.70. The maximum Gasteiger partial charge on any atom is 0.343 e. The maximum absolute atomic E-state index is 12.3. The molecule has 0 bridgehead atoms. The Morgan fingerprint density at radius 3 is 2.39 bits per heavy atom. The van der Waals surface area contributed by atoms with Crippen LogP contribution in [-0.4, -0.2) is 18.1 Å². The molecular weight excluding hydrogens is 444 g/mol. The Labute approximate surface area is 175 Å². The fourth-order valence-electron chi connectivity index (χ4n) is 2.29. The standard InChI is InChI=1S/C21H14BrClN2O3/c22-18-7-3-2-6-17(18)20(26)25-24-13-15-5-1-4-8-19(15)28-21(27)14-9-11-16(23)12-10-14/h1-13H,(H,25,26). The number of hydrogen-bond donors (Lipinski definition) is 1. The molecule has 5 nitrogen and oxygen atoms in total. The molecular formula is C21H14BrClN2O3. The second-order valence-electron chi connectivity index (χ2n) is 5.61. The number of nitrogens with zero attached hydrogens (tertiary/aromatic N) is 1. The van der Waals surface area contributed by atoms with Gasteiger partial charge in [0.25, 0.3) is 5.91 Å². The smallest absolute Gasteiger partial charge is 0.343 e. The summed E-state index contributed by atoms with van der Waals surface area (Å²) in [6.45, 7) is 0. The van der Waals surface area contributed by atoms with E-state index in [9.17, 15) is 9.59 Å². The minimum absolute atomic E-state index is 0.321. The number of carbonyl (C=O) groups is 2. The molecule has 3 rings (SSSR count). The minimum atomic E-state index is -0.519. The molecule has 0 aliphatic heterocycles. The summed E-state index contributed by atoms with van der Waals surface area (Å²) >= 11 is 9.15. The average molecular weight is 458 g/mol. The third kappa shape index (κ3) is 5.06.